The van der Waals surface area contributed by atoms with Crippen LogP contribution in [0.2, 0.25) is 0 Å². The van der Waals surface area contributed by atoms with E-state index in [2.05, 4.69) is 5.32 Å². The minimum atomic E-state index is -2.48. The summed E-state index contributed by atoms with van der Waals surface area (Å²) >= 11 is 0. The van der Waals surface area contributed by atoms with Crippen LogP contribution in [0.3, 0.4) is 0 Å². The summed E-state index contributed by atoms with van der Waals surface area (Å²) in [5, 5.41) is 3.40. The second kappa shape index (κ2) is 6.61. The van der Waals surface area contributed by atoms with E-state index in [1.54, 1.807) is 12.1 Å². The molecule has 0 aliphatic heterocycles. The number of hydrogen-bond donors (Lipinski definition) is 1. The third kappa shape index (κ3) is 4.23. The van der Waals surface area contributed by atoms with Crippen LogP contribution in [-0.2, 0) is 6.42 Å². The Morgan fingerprint density at radius 3 is 2.35 bits per heavy atom. The Hall–Kier alpha value is -1.03. The zero-order chi connectivity index (χ0) is 14.6. The predicted octanol–water partition coefficient (Wildman–Crippen LogP) is 4.17. The molecule has 1 N–H and O–H groups in total. The summed E-state index contributed by atoms with van der Waals surface area (Å²) in [6.45, 7) is 2.84. The zero-order valence-electron chi connectivity index (χ0n) is 11.8. The second-order valence-electron chi connectivity index (χ2n) is 5.69. The van der Waals surface area contributed by atoms with E-state index in [0.29, 0.717) is 12.8 Å². The van der Waals surface area contributed by atoms with Crippen molar-refractivity contribution in [1.82, 2.24) is 5.32 Å². The number of alkyl halides is 2. The van der Waals surface area contributed by atoms with Gasteiger partial charge in [-0.1, -0.05) is 19.1 Å². The molecule has 4 heteroatoms. The van der Waals surface area contributed by atoms with E-state index in [0.717, 1.165) is 18.5 Å². The highest BCUT2D eigenvalue weighted by Gasteiger charge is 2.37. The van der Waals surface area contributed by atoms with Gasteiger partial charge in [-0.2, -0.15) is 0 Å². The molecule has 0 amide bonds. The van der Waals surface area contributed by atoms with Crippen molar-refractivity contribution >= 4 is 0 Å². The first-order valence-corrected chi connectivity index (χ1v) is 7.36. The van der Waals surface area contributed by atoms with Crippen molar-refractivity contribution in [1.29, 1.82) is 0 Å². The lowest BCUT2D eigenvalue weighted by atomic mass is 9.80. The lowest BCUT2D eigenvalue weighted by Gasteiger charge is -2.34. The van der Waals surface area contributed by atoms with Crippen LogP contribution in [0.4, 0.5) is 13.2 Å². The first kappa shape index (κ1) is 15.4. The van der Waals surface area contributed by atoms with Gasteiger partial charge in [0.2, 0.25) is 5.92 Å². The third-order valence-corrected chi connectivity index (χ3v) is 4.17. The summed E-state index contributed by atoms with van der Waals surface area (Å²) in [6.07, 6.45) is 1.87. The topological polar surface area (TPSA) is 12.0 Å². The van der Waals surface area contributed by atoms with Crippen LogP contribution >= 0.6 is 0 Å². The number of hydrogen-bond acceptors (Lipinski definition) is 1. The molecule has 1 aromatic carbocycles. The quantitative estimate of drug-likeness (QED) is 0.856. The molecule has 112 valence electrons. The molecule has 0 bridgehead atoms. The molecular weight excluding hydrogens is 263 g/mol. The lowest BCUT2D eigenvalue weighted by Crippen LogP contribution is -2.41. The Balaban J connectivity index is 1.98. The Morgan fingerprint density at radius 1 is 1.20 bits per heavy atom. The standard InChI is InChI=1S/C16H22F3N/c1-2-20-15(11-12-3-5-14(17)6-4-12)13-7-9-16(18,19)10-8-13/h3-6,13,15,20H,2,7-11H2,1H3. The SMILES string of the molecule is CCNC(Cc1ccc(F)cc1)C1CCC(F)(F)CC1. The number of nitrogens with one attached hydrogen (secondary N) is 1. The van der Waals surface area contributed by atoms with E-state index in [9.17, 15) is 13.2 Å². The highest BCUT2D eigenvalue weighted by Crippen LogP contribution is 2.38. The van der Waals surface area contributed by atoms with Gasteiger partial charge in [0, 0.05) is 18.9 Å². The Labute approximate surface area is 118 Å². The summed E-state index contributed by atoms with van der Waals surface area (Å²) in [6, 6.07) is 6.65. The van der Waals surface area contributed by atoms with Crippen molar-refractivity contribution in [2.24, 2.45) is 5.92 Å². The maximum atomic E-state index is 13.2. The van der Waals surface area contributed by atoms with Gasteiger partial charge in [-0.05, 0) is 49.4 Å². The van der Waals surface area contributed by atoms with Crippen molar-refractivity contribution in [3.63, 3.8) is 0 Å². The van der Waals surface area contributed by atoms with Gasteiger partial charge in [-0.15, -0.1) is 0 Å². The van der Waals surface area contributed by atoms with E-state index in [1.807, 2.05) is 6.92 Å². The minimum absolute atomic E-state index is 0.0109. The normalized spacial score (nSPS) is 20.8. The van der Waals surface area contributed by atoms with E-state index in [1.165, 1.54) is 12.1 Å². The fourth-order valence-electron chi connectivity index (χ4n) is 3.01. The van der Waals surface area contributed by atoms with Gasteiger partial charge in [0.25, 0.3) is 0 Å². The fourth-order valence-corrected chi connectivity index (χ4v) is 3.01. The Morgan fingerprint density at radius 2 is 1.80 bits per heavy atom. The van der Waals surface area contributed by atoms with Gasteiger partial charge < -0.3 is 5.32 Å². The van der Waals surface area contributed by atoms with E-state index < -0.39 is 5.92 Å². The summed E-state index contributed by atoms with van der Waals surface area (Å²) in [5.41, 5.74) is 1.05. The molecule has 20 heavy (non-hydrogen) atoms. The number of likely N-dealkylation sites (N-methyl/N-ethyl adjacent to an activating group) is 1. The smallest absolute Gasteiger partial charge is 0.248 e. The van der Waals surface area contributed by atoms with Crippen LogP contribution < -0.4 is 5.32 Å². The molecule has 0 spiro atoms. The van der Waals surface area contributed by atoms with Crippen LogP contribution in [-0.4, -0.2) is 18.5 Å². The van der Waals surface area contributed by atoms with Crippen LogP contribution in [0.25, 0.3) is 0 Å². The summed E-state index contributed by atoms with van der Waals surface area (Å²) in [7, 11) is 0. The zero-order valence-corrected chi connectivity index (χ0v) is 11.8. The van der Waals surface area contributed by atoms with Crippen molar-refractivity contribution < 1.29 is 13.2 Å². The molecule has 1 aliphatic rings. The largest absolute Gasteiger partial charge is 0.314 e. The summed E-state index contributed by atoms with van der Waals surface area (Å²) < 4.78 is 39.4. The molecule has 1 fully saturated rings. The Bertz CT molecular complexity index is 406. The highest BCUT2D eigenvalue weighted by molar-refractivity contribution is 5.17. The minimum Gasteiger partial charge on any atom is -0.314 e. The first-order valence-electron chi connectivity index (χ1n) is 7.36. The molecule has 0 aromatic heterocycles. The predicted molar refractivity (Wildman–Crippen MR) is 74.5 cm³/mol. The fraction of sp³-hybridized carbons (Fsp3) is 0.625. The van der Waals surface area contributed by atoms with E-state index >= 15 is 0 Å². The highest BCUT2D eigenvalue weighted by atomic mass is 19.3. The molecule has 1 nitrogen and oxygen atoms in total. The monoisotopic (exact) mass is 285 g/mol. The van der Waals surface area contributed by atoms with Crippen molar-refractivity contribution in [3.8, 4) is 0 Å². The molecule has 1 aromatic rings. The first-order chi connectivity index (χ1) is 9.50. The average molecular weight is 285 g/mol. The van der Waals surface area contributed by atoms with Gasteiger partial charge in [-0.25, -0.2) is 13.2 Å². The van der Waals surface area contributed by atoms with Gasteiger partial charge >= 0.3 is 0 Å². The van der Waals surface area contributed by atoms with E-state index in [4.69, 9.17) is 0 Å². The molecule has 0 heterocycles. The van der Waals surface area contributed by atoms with Crippen LogP contribution in [0.15, 0.2) is 24.3 Å². The average Bonchev–Trinajstić information content (AvgIpc) is 2.41. The maximum Gasteiger partial charge on any atom is 0.248 e. The van der Waals surface area contributed by atoms with Crippen molar-refractivity contribution in [2.75, 3.05) is 6.54 Å². The summed E-state index contributed by atoms with van der Waals surface area (Å²) in [5.74, 6) is -2.45. The number of halogens is 3. The van der Waals surface area contributed by atoms with Gasteiger partial charge in [-0.3, -0.25) is 0 Å². The molecule has 2 rings (SSSR count). The van der Waals surface area contributed by atoms with Crippen LogP contribution in [0.5, 0.6) is 0 Å². The van der Waals surface area contributed by atoms with Gasteiger partial charge in [0.15, 0.2) is 0 Å². The van der Waals surface area contributed by atoms with Gasteiger partial charge in [0.05, 0.1) is 0 Å². The molecule has 0 radical (unpaired) electrons. The molecule has 1 saturated carbocycles. The van der Waals surface area contributed by atoms with Crippen molar-refractivity contribution in [3.05, 3.63) is 35.6 Å². The van der Waals surface area contributed by atoms with Crippen LogP contribution in [0.1, 0.15) is 38.2 Å². The van der Waals surface area contributed by atoms with Gasteiger partial charge in [0.1, 0.15) is 5.82 Å². The molecule has 1 aliphatic carbocycles. The third-order valence-electron chi connectivity index (χ3n) is 4.17. The molecule has 0 saturated heterocycles. The Kier molecular flexibility index (Phi) is 5.08. The molecular formula is C16H22F3N. The maximum absolute atomic E-state index is 13.2. The number of rotatable bonds is 5. The van der Waals surface area contributed by atoms with Crippen LogP contribution in [0, 0.1) is 11.7 Å². The second-order valence-corrected chi connectivity index (χ2v) is 5.69. The van der Waals surface area contributed by atoms with E-state index in [-0.39, 0.29) is 30.6 Å². The summed E-state index contributed by atoms with van der Waals surface area (Å²) in [4.78, 5) is 0. The molecule has 1 atom stereocenters. The number of benzene rings is 1. The molecule has 1 unspecified atom stereocenters. The lowest BCUT2D eigenvalue weighted by molar-refractivity contribution is -0.0494. The van der Waals surface area contributed by atoms with Crippen molar-refractivity contribution in [2.45, 2.75) is 51.0 Å².